The second kappa shape index (κ2) is 3.17. The lowest BCUT2D eigenvalue weighted by Gasteiger charge is -2.37. The fraction of sp³-hybridized carbons (Fsp3) is 0.778. The predicted molar refractivity (Wildman–Crippen MR) is 56.4 cm³/mol. The van der Waals surface area contributed by atoms with E-state index in [1.807, 2.05) is 5.51 Å². The minimum Gasteiger partial charge on any atom is -0.341 e. The molecule has 2 saturated heterocycles. The van der Waals surface area contributed by atoms with Gasteiger partial charge in [0.15, 0.2) is 0 Å². The number of nitrogens with two attached hydrogens (primary N) is 1. The van der Waals surface area contributed by atoms with Gasteiger partial charge in [0, 0.05) is 18.1 Å². The lowest BCUT2D eigenvalue weighted by molar-refractivity contribution is 0.413. The van der Waals surface area contributed by atoms with Crippen molar-refractivity contribution >= 4 is 16.5 Å². The maximum absolute atomic E-state index is 6.01. The van der Waals surface area contributed by atoms with E-state index in [4.69, 9.17) is 5.73 Å². The molecule has 0 radical (unpaired) electrons. The predicted octanol–water partition coefficient (Wildman–Crippen LogP) is 0.997. The number of piperidine rings is 1. The van der Waals surface area contributed by atoms with Crippen molar-refractivity contribution in [2.75, 3.05) is 4.90 Å². The van der Waals surface area contributed by atoms with Crippen molar-refractivity contribution in [2.45, 2.75) is 43.8 Å². The number of fused-ring (bicyclic) bond motifs is 2. The number of rotatable bonds is 1. The summed E-state index contributed by atoms with van der Waals surface area (Å²) in [5.41, 5.74) is 7.82. The van der Waals surface area contributed by atoms with Crippen molar-refractivity contribution in [1.82, 2.24) is 10.2 Å². The van der Waals surface area contributed by atoms with Crippen LogP contribution in [0.2, 0.25) is 0 Å². The zero-order valence-corrected chi connectivity index (χ0v) is 8.78. The molecular formula is C9H14N4S. The van der Waals surface area contributed by atoms with Gasteiger partial charge in [-0.05, 0) is 25.7 Å². The Bertz CT molecular complexity index is 299. The molecule has 2 fully saturated rings. The molecule has 2 aliphatic heterocycles. The van der Waals surface area contributed by atoms with Crippen LogP contribution < -0.4 is 10.6 Å². The van der Waals surface area contributed by atoms with E-state index in [1.165, 1.54) is 12.8 Å². The Balaban J connectivity index is 1.88. The number of aromatic nitrogens is 2. The van der Waals surface area contributed by atoms with Gasteiger partial charge in [-0.3, -0.25) is 0 Å². The zero-order valence-electron chi connectivity index (χ0n) is 7.97. The highest BCUT2D eigenvalue weighted by molar-refractivity contribution is 7.13. The minimum absolute atomic E-state index is 0.400. The van der Waals surface area contributed by atoms with E-state index in [2.05, 4.69) is 15.1 Å². The molecule has 1 aromatic rings. The van der Waals surface area contributed by atoms with Gasteiger partial charge < -0.3 is 10.6 Å². The van der Waals surface area contributed by atoms with Gasteiger partial charge in [0.1, 0.15) is 5.51 Å². The van der Waals surface area contributed by atoms with Crippen molar-refractivity contribution in [3.63, 3.8) is 0 Å². The normalized spacial score (nSPS) is 36.4. The topological polar surface area (TPSA) is 55.0 Å². The van der Waals surface area contributed by atoms with Crippen LogP contribution in [0.1, 0.15) is 25.7 Å². The molecule has 0 aromatic carbocycles. The molecule has 2 unspecified atom stereocenters. The number of nitrogens with zero attached hydrogens (tertiary/aromatic N) is 3. The quantitative estimate of drug-likeness (QED) is 0.751. The number of hydrogen-bond acceptors (Lipinski definition) is 5. The lowest BCUT2D eigenvalue weighted by atomic mass is 9.99. The summed E-state index contributed by atoms with van der Waals surface area (Å²) in [6.45, 7) is 0. The Morgan fingerprint density at radius 2 is 2.07 bits per heavy atom. The van der Waals surface area contributed by atoms with Crippen LogP contribution in [0.4, 0.5) is 5.13 Å². The van der Waals surface area contributed by atoms with Crippen LogP contribution in [0.25, 0.3) is 0 Å². The van der Waals surface area contributed by atoms with Gasteiger partial charge in [0.25, 0.3) is 0 Å². The molecule has 5 heteroatoms. The van der Waals surface area contributed by atoms with Crippen LogP contribution >= 0.6 is 11.3 Å². The van der Waals surface area contributed by atoms with E-state index in [1.54, 1.807) is 11.3 Å². The second-order valence-corrected chi connectivity index (χ2v) is 5.06. The third-order valence-electron chi connectivity index (χ3n) is 3.34. The van der Waals surface area contributed by atoms with Crippen molar-refractivity contribution in [2.24, 2.45) is 5.73 Å². The molecule has 2 aliphatic rings. The summed E-state index contributed by atoms with van der Waals surface area (Å²) in [5, 5.41) is 9.16. The molecule has 3 rings (SSSR count). The average Bonchev–Trinajstić information content (AvgIpc) is 2.72. The van der Waals surface area contributed by atoms with Crippen molar-refractivity contribution in [3.8, 4) is 0 Å². The first-order valence-electron chi connectivity index (χ1n) is 5.14. The van der Waals surface area contributed by atoms with Gasteiger partial charge in [0.05, 0.1) is 0 Å². The summed E-state index contributed by atoms with van der Waals surface area (Å²) in [6.07, 6.45) is 4.79. The molecule has 3 heterocycles. The first-order chi connectivity index (χ1) is 6.84. The summed E-state index contributed by atoms with van der Waals surface area (Å²) in [4.78, 5) is 2.45. The van der Waals surface area contributed by atoms with E-state index < -0.39 is 0 Å². The van der Waals surface area contributed by atoms with E-state index in [0.29, 0.717) is 18.1 Å². The highest BCUT2D eigenvalue weighted by Crippen LogP contribution is 2.38. The highest BCUT2D eigenvalue weighted by atomic mass is 32.1. The van der Waals surface area contributed by atoms with Gasteiger partial charge in [0.2, 0.25) is 5.13 Å². The van der Waals surface area contributed by atoms with Crippen LogP contribution in [0, 0.1) is 0 Å². The van der Waals surface area contributed by atoms with Crippen molar-refractivity contribution in [1.29, 1.82) is 0 Å². The van der Waals surface area contributed by atoms with E-state index in [0.717, 1.165) is 18.0 Å². The molecule has 76 valence electrons. The highest BCUT2D eigenvalue weighted by Gasteiger charge is 2.40. The molecule has 0 aliphatic carbocycles. The minimum atomic E-state index is 0.400. The lowest BCUT2D eigenvalue weighted by Crippen LogP contribution is -2.47. The summed E-state index contributed by atoms with van der Waals surface area (Å²) in [7, 11) is 0. The van der Waals surface area contributed by atoms with E-state index in [9.17, 15) is 0 Å². The maximum Gasteiger partial charge on any atom is 0.208 e. The van der Waals surface area contributed by atoms with Crippen LogP contribution in [0.5, 0.6) is 0 Å². The van der Waals surface area contributed by atoms with E-state index in [-0.39, 0.29) is 0 Å². The summed E-state index contributed by atoms with van der Waals surface area (Å²) in [5.74, 6) is 0. The van der Waals surface area contributed by atoms with Crippen LogP contribution in [0.15, 0.2) is 5.51 Å². The largest absolute Gasteiger partial charge is 0.341 e. The van der Waals surface area contributed by atoms with Gasteiger partial charge in [-0.1, -0.05) is 11.3 Å². The number of hydrogen-bond donors (Lipinski definition) is 1. The average molecular weight is 210 g/mol. The molecule has 2 bridgehead atoms. The smallest absolute Gasteiger partial charge is 0.208 e. The van der Waals surface area contributed by atoms with Gasteiger partial charge >= 0.3 is 0 Å². The monoisotopic (exact) mass is 210 g/mol. The Labute approximate surface area is 87.1 Å². The van der Waals surface area contributed by atoms with Crippen LogP contribution in [-0.2, 0) is 0 Å². The fourth-order valence-corrected chi connectivity index (χ4v) is 3.51. The second-order valence-electron chi connectivity index (χ2n) is 4.25. The molecule has 0 saturated carbocycles. The zero-order chi connectivity index (χ0) is 9.54. The summed E-state index contributed by atoms with van der Waals surface area (Å²) >= 11 is 1.64. The summed E-state index contributed by atoms with van der Waals surface area (Å²) in [6, 6.07) is 1.64. The molecule has 4 nitrogen and oxygen atoms in total. The van der Waals surface area contributed by atoms with Gasteiger partial charge in [-0.25, -0.2) is 0 Å². The molecule has 14 heavy (non-hydrogen) atoms. The van der Waals surface area contributed by atoms with Gasteiger partial charge in [-0.2, -0.15) is 0 Å². The molecule has 2 atom stereocenters. The van der Waals surface area contributed by atoms with Gasteiger partial charge in [-0.15, -0.1) is 10.2 Å². The third-order valence-corrected chi connectivity index (χ3v) is 4.04. The van der Waals surface area contributed by atoms with E-state index >= 15 is 0 Å². The van der Waals surface area contributed by atoms with Crippen LogP contribution in [-0.4, -0.2) is 28.3 Å². The molecular weight excluding hydrogens is 196 g/mol. The van der Waals surface area contributed by atoms with Crippen LogP contribution in [0.3, 0.4) is 0 Å². The Morgan fingerprint density at radius 3 is 2.64 bits per heavy atom. The molecule has 2 N–H and O–H groups in total. The molecule has 0 amide bonds. The van der Waals surface area contributed by atoms with Crippen molar-refractivity contribution in [3.05, 3.63) is 5.51 Å². The summed E-state index contributed by atoms with van der Waals surface area (Å²) < 4.78 is 0. The third kappa shape index (κ3) is 1.23. The Hall–Kier alpha value is -0.680. The first-order valence-corrected chi connectivity index (χ1v) is 6.02. The maximum atomic E-state index is 6.01. The molecule has 1 aromatic heterocycles. The Kier molecular flexibility index (Phi) is 1.95. The Morgan fingerprint density at radius 1 is 1.36 bits per heavy atom. The molecule has 0 spiro atoms. The number of anilines is 1. The van der Waals surface area contributed by atoms with Crippen molar-refractivity contribution < 1.29 is 0 Å². The standard InChI is InChI=1S/C9H14N4S/c10-6-3-7-1-2-8(4-6)13(7)9-12-11-5-14-9/h5-8H,1-4,10H2. The SMILES string of the molecule is NC1CC2CCC(C1)N2c1nncs1. The first kappa shape index (κ1) is 8.61. The fourth-order valence-electron chi connectivity index (χ4n) is 2.81.